The number of carbonyl (C=O) groups is 1. The molecule has 4 heteroatoms. The van der Waals surface area contributed by atoms with Crippen LogP contribution in [0.5, 0.6) is 0 Å². The minimum absolute atomic E-state index is 0.0142. The quantitative estimate of drug-likeness (QED) is 0.595. The number of benzene rings is 1. The summed E-state index contributed by atoms with van der Waals surface area (Å²) in [6.07, 6.45) is 0. The number of hydrogen-bond acceptors (Lipinski definition) is 1. The molecule has 70 valence electrons. The SMILES string of the molecule is Cc1cc(C(=O)CCl)c(Br)cc1Cl. The Kier molecular flexibility index (Phi) is 3.77. The normalized spacial score (nSPS) is 10.2. The van der Waals surface area contributed by atoms with Crippen LogP contribution in [0.4, 0.5) is 0 Å². The van der Waals surface area contributed by atoms with Crippen LogP contribution in [0.3, 0.4) is 0 Å². The van der Waals surface area contributed by atoms with Gasteiger partial charge >= 0.3 is 0 Å². The van der Waals surface area contributed by atoms with E-state index in [1.807, 2.05) is 6.92 Å². The molecule has 0 saturated heterocycles. The number of hydrogen-bond donors (Lipinski definition) is 0. The first-order valence-corrected chi connectivity index (χ1v) is 5.31. The molecule has 0 unspecified atom stereocenters. The van der Waals surface area contributed by atoms with E-state index in [9.17, 15) is 4.79 Å². The molecule has 1 aromatic carbocycles. The van der Waals surface area contributed by atoms with Gasteiger partial charge < -0.3 is 0 Å². The van der Waals surface area contributed by atoms with Gasteiger partial charge in [-0.2, -0.15) is 0 Å². The molecule has 0 aliphatic heterocycles. The summed E-state index contributed by atoms with van der Waals surface area (Å²) in [5.41, 5.74) is 1.45. The van der Waals surface area contributed by atoms with Crippen molar-refractivity contribution in [3.05, 3.63) is 32.8 Å². The number of aryl methyl sites for hydroxylation is 1. The zero-order valence-electron chi connectivity index (χ0n) is 6.90. The van der Waals surface area contributed by atoms with Gasteiger partial charge in [0, 0.05) is 15.1 Å². The predicted molar refractivity (Wildman–Crippen MR) is 58.9 cm³/mol. The van der Waals surface area contributed by atoms with E-state index < -0.39 is 0 Å². The lowest BCUT2D eigenvalue weighted by Crippen LogP contribution is -2.01. The average molecular weight is 282 g/mol. The highest BCUT2D eigenvalue weighted by Crippen LogP contribution is 2.25. The number of ketones is 1. The van der Waals surface area contributed by atoms with Crippen molar-refractivity contribution in [3.8, 4) is 0 Å². The Balaban J connectivity index is 3.23. The van der Waals surface area contributed by atoms with Crippen molar-refractivity contribution in [2.45, 2.75) is 6.92 Å². The Morgan fingerprint density at radius 2 is 2.15 bits per heavy atom. The molecule has 1 rings (SSSR count). The fourth-order valence-electron chi connectivity index (χ4n) is 0.943. The standard InChI is InChI=1S/C9H7BrCl2O/c1-5-2-6(9(13)4-11)7(10)3-8(5)12/h2-3H,4H2,1H3. The van der Waals surface area contributed by atoms with Gasteiger partial charge in [-0.05, 0) is 40.5 Å². The lowest BCUT2D eigenvalue weighted by Gasteiger charge is -2.04. The molecule has 0 bridgehead atoms. The van der Waals surface area contributed by atoms with Gasteiger partial charge in [-0.15, -0.1) is 11.6 Å². The van der Waals surface area contributed by atoms with Crippen LogP contribution in [-0.2, 0) is 0 Å². The second-order valence-electron chi connectivity index (χ2n) is 2.64. The van der Waals surface area contributed by atoms with Crippen molar-refractivity contribution in [2.24, 2.45) is 0 Å². The maximum atomic E-state index is 11.3. The van der Waals surface area contributed by atoms with Crippen molar-refractivity contribution >= 4 is 44.9 Å². The number of carbonyl (C=O) groups excluding carboxylic acids is 1. The molecule has 0 atom stereocenters. The Bertz CT molecular complexity index is 350. The third-order valence-corrected chi connectivity index (χ3v) is 2.98. The van der Waals surface area contributed by atoms with Crippen molar-refractivity contribution < 1.29 is 4.79 Å². The highest BCUT2D eigenvalue weighted by Gasteiger charge is 2.10. The first kappa shape index (κ1) is 11.0. The minimum Gasteiger partial charge on any atom is -0.293 e. The maximum absolute atomic E-state index is 11.3. The molecule has 0 spiro atoms. The van der Waals surface area contributed by atoms with Crippen LogP contribution in [0, 0.1) is 6.92 Å². The summed E-state index contributed by atoms with van der Waals surface area (Å²) >= 11 is 14.6. The largest absolute Gasteiger partial charge is 0.293 e. The number of rotatable bonds is 2. The summed E-state index contributed by atoms with van der Waals surface area (Å²) in [7, 11) is 0. The minimum atomic E-state index is -0.103. The molecule has 0 aliphatic carbocycles. The van der Waals surface area contributed by atoms with Gasteiger partial charge in [0.2, 0.25) is 0 Å². The first-order chi connectivity index (χ1) is 6.06. The summed E-state index contributed by atoms with van der Waals surface area (Å²) in [4.78, 5) is 11.3. The van der Waals surface area contributed by atoms with E-state index in [1.165, 1.54) is 0 Å². The van der Waals surface area contributed by atoms with Gasteiger partial charge in [-0.1, -0.05) is 11.6 Å². The topological polar surface area (TPSA) is 17.1 Å². The Morgan fingerprint density at radius 3 is 2.69 bits per heavy atom. The summed E-state index contributed by atoms with van der Waals surface area (Å²) in [5, 5.41) is 0.637. The third-order valence-electron chi connectivity index (χ3n) is 1.67. The van der Waals surface area contributed by atoms with Gasteiger partial charge in [0.25, 0.3) is 0 Å². The van der Waals surface area contributed by atoms with Crippen LogP contribution in [0.25, 0.3) is 0 Å². The highest BCUT2D eigenvalue weighted by atomic mass is 79.9. The van der Waals surface area contributed by atoms with Crippen LogP contribution in [-0.4, -0.2) is 11.7 Å². The fraction of sp³-hybridized carbons (Fsp3) is 0.222. The number of Topliss-reactive ketones (excluding diaryl/α,β-unsaturated/α-hetero) is 1. The van der Waals surface area contributed by atoms with E-state index in [2.05, 4.69) is 15.9 Å². The molecule has 0 N–H and O–H groups in total. The second kappa shape index (κ2) is 4.45. The van der Waals surface area contributed by atoms with E-state index in [-0.39, 0.29) is 11.7 Å². The molecule has 13 heavy (non-hydrogen) atoms. The zero-order chi connectivity index (χ0) is 10.0. The summed E-state index contributed by atoms with van der Waals surface area (Å²) in [6.45, 7) is 1.85. The van der Waals surface area contributed by atoms with Gasteiger partial charge in [-0.3, -0.25) is 4.79 Å². The van der Waals surface area contributed by atoms with E-state index in [1.54, 1.807) is 12.1 Å². The summed E-state index contributed by atoms with van der Waals surface area (Å²) < 4.78 is 0.689. The molecule has 0 aromatic heterocycles. The van der Waals surface area contributed by atoms with Gasteiger partial charge in [0.1, 0.15) is 0 Å². The zero-order valence-corrected chi connectivity index (χ0v) is 10.0. The van der Waals surface area contributed by atoms with Crippen LogP contribution in [0.1, 0.15) is 15.9 Å². The van der Waals surface area contributed by atoms with Crippen LogP contribution < -0.4 is 0 Å². The number of halogens is 3. The molecule has 1 nitrogen and oxygen atoms in total. The summed E-state index contributed by atoms with van der Waals surface area (Å²) in [6, 6.07) is 3.44. The first-order valence-electron chi connectivity index (χ1n) is 3.61. The Labute approximate surface area is 95.2 Å². The van der Waals surface area contributed by atoms with Crippen molar-refractivity contribution in [1.29, 1.82) is 0 Å². The van der Waals surface area contributed by atoms with Gasteiger partial charge in [0.05, 0.1) is 5.88 Å². The molecule has 0 saturated carbocycles. The molecular formula is C9H7BrCl2O. The molecule has 0 heterocycles. The maximum Gasteiger partial charge on any atom is 0.178 e. The molecule has 0 fully saturated rings. The van der Waals surface area contributed by atoms with E-state index >= 15 is 0 Å². The van der Waals surface area contributed by atoms with Crippen LogP contribution in [0.2, 0.25) is 5.02 Å². The van der Waals surface area contributed by atoms with Crippen LogP contribution >= 0.6 is 39.1 Å². The molecule has 0 radical (unpaired) electrons. The number of alkyl halides is 1. The lowest BCUT2D eigenvalue weighted by molar-refractivity contribution is 0.102. The average Bonchev–Trinajstić information content (AvgIpc) is 2.10. The lowest BCUT2D eigenvalue weighted by atomic mass is 10.1. The van der Waals surface area contributed by atoms with Crippen molar-refractivity contribution in [1.82, 2.24) is 0 Å². The van der Waals surface area contributed by atoms with E-state index in [4.69, 9.17) is 23.2 Å². The molecule has 0 amide bonds. The van der Waals surface area contributed by atoms with E-state index in [0.717, 1.165) is 5.56 Å². The van der Waals surface area contributed by atoms with Gasteiger partial charge in [-0.25, -0.2) is 0 Å². The Hall–Kier alpha value is -0.0500. The molecule has 1 aromatic rings. The second-order valence-corrected chi connectivity index (χ2v) is 4.17. The fourth-order valence-corrected chi connectivity index (χ4v) is 1.95. The van der Waals surface area contributed by atoms with Crippen LogP contribution in [0.15, 0.2) is 16.6 Å². The van der Waals surface area contributed by atoms with Crippen molar-refractivity contribution in [2.75, 3.05) is 5.88 Å². The monoisotopic (exact) mass is 280 g/mol. The van der Waals surface area contributed by atoms with Crippen molar-refractivity contribution in [3.63, 3.8) is 0 Å². The molecular weight excluding hydrogens is 275 g/mol. The molecule has 0 aliphatic rings. The predicted octanol–water partition coefficient (Wildman–Crippen LogP) is 3.83. The Morgan fingerprint density at radius 1 is 1.54 bits per heavy atom. The summed E-state index contributed by atoms with van der Waals surface area (Å²) in [5.74, 6) is -0.118. The smallest absolute Gasteiger partial charge is 0.178 e. The van der Waals surface area contributed by atoms with Gasteiger partial charge in [0.15, 0.2) is 5.78 Å². The highest BCUT2D eigenvalue weighted by molar-refractivity contribution is 9.10. The van der Waals surface area contributed by atoms with E-state index in [0.29, 0.717) is 15.1 Å². The third kappa shape index (κ3) is 2.46.